The van der Waals surface area contributed by atoms with Crippen LogP contribution in [0.25, 0.3) is 0 Å². The van der Waals surface area contributed by atoms with E-state index in [1.54, 1.807) is 0 Å². The Kier molecular flexibility index (Phi) is 6.19. The predicted octanol–water partition coefficient (Wildman–Crippen LogP) is 4.73. The Hall–Kier alpha value is -2.62. The third-order valence-corrected chi connectivity index (χ3v) is 4.52. The van der Waals surface area contributed by atoms with Crippen molar-refractivity contribution in [2.45, 2.75) is 47.5 Å². The lowest BCUT2D eigenvalue weighted by Gasteiger charge is -2.24. The van der Waals surface area contributed by atoms with Gasteiger partial charge in [0.15, 0.2) is 0 Å². The van der Waals surface area contributed by atoms with E-state index >= 15 is 0 Å². The molecule has 4 nitrogen and oxygen atoms in total. The lowest BCUT2D eigenvalue weighted by molar-refractivity contribution is -0.120. The first-order valence-corrected chi connectivity index (χ1v) is 8.95. The molecule has 2 aromatic rings. The molecule has 0 aliphatic carbocycles. The van der Waals surface area contributed by atoms with Crippen LogP contribution in [-0.2, 0) is 9.59 Å². The maximum absolute atomic E-state index is 12.7. The van der Waals surface area contributed by atoms with Crippen molar-refractivity contribution in [1.29, 1.82) is 0 Å². The molecule has 0 spiro atoms. The van der Waals surface area contributed by atoms with E-state index in [1.807, 2.05) is 57.2 Å². The topological polar surface area (TPSA) is 49.4 Å². The molecule has 138 valence electrons. The number of carbonyl (C=O) groups excluding carboxylic acids is 2. The van der Waals surface area contributed by atoms with Crippen molar-refractivity contribution in [2.75, 3.05) is 16.8 Å². The van der Waals surface area contributed by atoms with E-state index in [0.717, 1.165) is 33.6 Å². The first kappa shape index (κ1) is 19.7. The first-order valence-electron chi connectivity index (χ1n) is 8.95. The van der Waals surface area contributed by atoms with Gasteiger partial charge in [0.1, 0.15) is 6.54 Å². The fourth-order valence-electron chi connectivity index (χ4n) is 3.14. The number of nitrogens with one attached hydrogen (secondary N) is 1. The zero-order chi connectivity index (χ0) is 19.4. The van der Waals surface area contributed by atoms with E-state index in [4.69, 9.17) is 0 Å². The van der Waals surface area contributed by atoms with Crippen LogP contribution in [0.4, 0.5) is 11.4 Å². The Morgan fingerprint density at radius 3 is 2.31 bits per heavy atom. The molecular weight excluding hydrogens is 324 g/mol. The summed E-state index contributed by atoms with van der Waals surface area (Å²) < 4.78 is 0. The summed E-state index contributed by atoms with van der Waals surface area (Å²) in [7, 11) is 0. The van der Waals surface area contributed by atoms with Gasteiger partial charge in [-0.25, -0.2) is 0 Å². The fraction of sp³-hybridized carbons (Fsp3) is 0.364. The average molecular weight is 352 g/mol. The largest absolute Gasteiger partial charge is 0.324 e. The summed E-state index contributed by atoms with van der Waals surface area (Å²) in [6, 6.07) is 11.9. The van der Waals surface area contributed by atoms with Gasteiger partial charge in [-0.3, -0.25) is 9.59 Å². The average Bonchev–Trinajstić information content (AvgIpc) is 2.54. The fourth-order valence-corrected chi connectivity index (χ4v) is 3.14. The predicted molar refractivity (Wildman–Crippen MR) is 108 cm³/mol. The Labute approximate surface area is 156 Å². The smallest absolute Gasteiger partial charge is 0.244 e. The van der Waals surface area contributed by atoms with Crippen molar-refractivity contribution in [2.24, 2.45) is 0 Å². The van der Waals surface area contributed by atoms with Crippen molar-refractivity contribution in [1.82, 2.24) is 0 Å². The molecule has 0 aliphatic heterocycles. The summed E-state index contributed by atoms with van der Waals surface area (Å²) in [6.07, 6.45) is 0. The SMILES string of the molecule is CC(=O)N(CC(=O)Nc1c(C)cccc1C(C)C)c1ccc(C)cc1C. The standard InChI is InChI=1S/C22H28N2O2/c1-14(2)19-9-7-8-16(4)22(19)23-21(26)13-24(18(6)25)20-11-10-15(3)12-17(20)5/h7-12,14H,13H2,1-6H3,(H,23,26). The van der Waals surface area contributed by atoms with Gasteiger partial charge in [-0.1, -0.05) is 49.7 Å². The number of benzene rings is 2. The molecular formula is C22H28N2O2. The molecule has 0 aromatic heterocycles. The minimum atomic E-state index is -0.198. The molecule has 0 aliphatic rings. The van der Waals surface area contributed by atoms with Crippen LogP contribution >= 0.6 is 0 Å². The van der Waals surface area contributed by atoms with Crippen molar-refractivity contribution < 1.29 is 9.59 Å². The first-order chi connectivity index (χ1) is 12.2. The van der Waals surface area contributed by atoms with E-state index in [2.05, 4.69) is 19.2 Å². The number of anilines is 2. The summed E-state index contributed by atoms with van der Waals surface area (Å²) >= 11 is 0. The molecule has 0 radical (unpaired) electrons. The molecule has 0 bridgehead atoms. The van der Waals surface area contributed by atoms with Gasteiger partial charge in [0.05, 0.1) is 0 Å². The number of para-hydroxylation sites is 1. The maximum atomic E-state index is 12.7. The van der Waals surface area contributed by atoms with Gasteiger partial charge in [0, 0.05) is 18.3 Å². The second-order valence-corrected chi connectivity index (χ2v) is 7.14. The van der Waals surface area contributed by atoms with E-state index in [-0.39, 0.29) is 18.4 Å². The summed E-state index contributed by atoms with van der Waals surface area (Å²) in [5, 5.41) is 3.01. The van der Waals surface area contributed by atoms with Crippen molar-refractivity contribution in [3.8, 4) is 0 Å². The molecule has 0 atom stereocenters. The van der Waals surface area contributed by atoms with E-state index in [1.165, 1.54) is 11.8 Å². The molecule has 0 fully saturated rings. The highest BCUT2D eigenvalue weighted by Crippen LogP contribution is 2.28. The zero-order valence-electron chi connectivity index (χ0n) is 16.5. The number of hydrogen-bond donors (Lipinski definition) is 1. The summed E-state index contributed by atoms with van der Waals surface area (Å²) in [5.74, 6) is -0.0502. The van der Waals surface area contributed by atoms with Crippen molar-refractivity contribution >= 4 is 23.2 Å². The molecule has 2 amide bonds. The van der Waals surface area contributed by atoms with Gasteiger partial charge in [0.25, 0.3) is 0 Å². The van der Waals surface area contributed by atoms with Gasteiger partial charge >= 0.3 is 0 Å². The second kappa shape index (κ2) is 8.17. The second-order valence-electron chi connectivity index (χ2n) is 7.14. The molecule has 0 unspecified atom stereocenters. The van der Waals surface area contributed by atoms with Crippen LogP contribution < -0.4 is 10.2 Å². The van der Waals surface area contributed by atoms with Crippen LogP contribution in [0.15, 0.2) is 36.4 Å². The molecule has 2 rings (SSSR count). The van der Waals surface area contributed by atoms with Crippen LogP contribution in [0.1, 0.15) is 48.9 Å². The normalized spacial score (nSPS) is 10.7. The molecule has 0 saturated carbocycles. The third-order valence-electron chi connectivity index (χ3n) is 4.52. The lowest BCUT2D eigenvalue weighted by Crippen LogP contribution is -2.37. The number of rotatable bonds is 5. The number of nitrogens with zero attached hydrogens (tertiary/aromatic N) is 1. The van der Waals surface area contributed by atoms with Crippen LogP contribution in [-0.4, -0.2) is 18.4 Å². The molecule has 0 heterocycles. The van der Waals surface area contributed by atoms with Gasteiger partial charge in [-0.15, -0.1) is 0 Å². The minimum Gasteiger partial charge on any atom is -0.324 e. The Morgan fingerprint density at radius 1 is 1.04 bits per heavy atom. The number of hydrogen-bond acceptors (Lipinski definition) is 2. The molecule has 4 heteroatoms. The molecule has 26 heavy (non-hydrogen) atoms. The molecule has 2 aromatic carbocycles. The Morgan fingerprint density at radius 2 is 1.73 bits per heavy atom. The highest BCUT2D eigenvalue weighted by atomic mass is 16.2. The van der Waals surface area contributed by atoms with Gasteiger partial charge in [-0.05, 0) is 49.4 Å². The Bertz CT molecular complexity index is 825. The molecule has 1 N–H and O–H groups in total. The summed E-state index contributed by atoms with van der Waals surface area (Å²) in [4.78, 5) is 26.4. The van der Waals surface area contributed by atoms with Crippen LogP contribution in [0.2, 0.25) is 0 Å². The van der Waals surface area contributed by atoms with E-state index < -0.39 is 0 Å². The number of carbonyl (C=O) groups is 2. The van der Waals surface area contributed by atoms with Gasteiger partial charge in [0.2, 0.25) is 11.8 Å². The Balaban J connectivity index is 2.26. The minimum absolute atomic E-state index is 0.00883. The summed E-state index contributed by atoms with van der Waals surface area (Å²) in [6.45, 7) is 11.6. The summed E-state index contributed by atoms with van der Waals surface area (Å²) in [5.41, 5.74) is 5.83. The van der Waals surface area contributed by atoms with Crippen LogP contribution in [0.5, 0.6) is 0 Å². The highest BCUT2D eigenvalue weighted by Gasteiger charge is 2.19. The monoisotopic (exact) mass is 352 g/mol. The van der Waals surface area contributed by atoms with Crippen molar-refractivity contribution in [3.63, 3.8) is 0 Å². The van der Waals surface area contributed by atoms with Crippen LogP contribution in [0, 0.1) is 20.8 Å². The number of amides is 2. The quantitative estimate of drug-likeness (QED) is 0.846. The lowest BCUT2D eigenvalue weighted by atomic mass is 9.98. The molecule has 0 saturated heterocycles. The van der Waals surface area contributed by atoms with Crippen LogP contribution in [0.3, 0.4) is 0 Å². The van der Waals surface area contributed by atoms with E-state index in [9.17, 15) is 9.59 Å². The van der Waals surface area contributed by atoms with Gasteiger partial charge in [-0.2, -0.15) is 0 Å². The third kappa shape index (κ3) is 4.51. The zero-order valence-corrected chi connectivity index (χ0v) is 16.5. The van der Waals surface area contributed by atoms with Crippen molar-refractivity contribution in [3.05, 3.63) is 58.7 Å². The maximum Gasteiger partial charge on any atom is 0.244 e. The highest BCUT2D eigenvalue weighted by molar-refractivity contribution is 6.02. The van der Waals surface area contributed by atoms with Gasteiger partial charge < -0.3 is 10.2 Å². The number of aryl methyl sites for hydroxylation is 3. The van der Waals surface area contributed by atoms with E-state index in [0.29, 0.717) is 5.92 Å².